The number of thiazole rings is 1. The molecule has 0 radical (unpaired) electrons. The molecule has 9 heteroatoms. The fourth-order valence-corrected chi connectivity index (χ4v) is 5.08. The monoisotopic (exact) mass is 508 g/mol. The lowest BCUT2D eigenvalue weighted by molar-refractivity contribution is -0.132. The predicted molar refractivity (Wildman–Crippen MR) is 135 cm³/mol. The number of nitrogens with zero attached hydrogens (tertiary/aromatic N) is 2. The first kappa shape index (κ1) is 25.2. The summed E-state index contributed by atoms with van der Waals surface area (Å²) in [5, 5.41) is 11.3. The molecule has 4 rings (SSSR count). The summed E-state index contributed by atoms with van der Waals surface area (Å²) in [4.78, 5) is 44.5. The van der Waals surface area contributed by atoms with Gasteiger partial charge in [-0.15, -0.1) is 0 Å². The SMILES string of the molecule is COC(=O)c1sc(N2C(=O)C(=O)/C(=C(\O)c3ccc(C)c(F)c3)C2c2ccc(C(C)C)cc2)nc1C. The second-order valence-corrected chi connectivity index (χ2v) is 9.83. The number of anilines is 1. The van der Waals surface area contributed by atoms with Crippen LogP contribution in [-0.2, 0) is 14.3 Å². The van der Waals surface area contributed by atoms with Gasteiger partial charge < -0.3 is 9.84 Å². The average molecular weight is 509 g/mol. The highest BCUT2D eigenvalue weighted by Crippen LogP contribution is 2.44. The number of amides is 1. The minimum atomic E-state index is -1.04. The summed E-state index contributed by atoms with van der Waals surface area (Å²) >= 11 is 0.919. The Bertz CT molecular complexity index is 1410. The van der Waals surface area contributed by atoms with Crippen molar-refractivity contribution in [1.29, 1.82) is 0 Å². The second-order valence-electron chi connectivity index (χ2n) is 8.86. The zero-order chi connectivity index (χ0) is 26.3. The van der Waals surface area contributed by atoms with Crippen LogP contribution in [0.3, 0.4) is 0 Å². The Morgan fingerprint density at radius 2 is 1.81 bits per heavy atom. The van der Waals surface area contributed by atoms with Gasteiger partial charge in [-0.05, 0) is 42.5 Å². The minimum absolute atomic E-state index is 0.0745. The van der Waals surface area contributed by atoms with E-state index < -0.39 is 35.3 Å². The van der Waals surface area contributed by atoms with Crippen LogP contribution in [0.4, 0.5) is 9.52 Å². The molecule has 0 spiro atoms. The molecule has 3 aromatic rings. The Morgan fingerprint density at radius 3 is 2.39 bits per heavy atom. The highest BCUT2D eigenvalue weighted by Gasteiger charge is 2.48. The zero-order valence-corrected chi connectivity index (χ0v) is 21.3. The van der Waals surface area contributed by atoms with Crippen molar-refractivity contribution in [2.45, 2.75) is 39.7 Å². The van der Waals surface area contributed by atoms with Crippen molar-refractivity contribution in [3.63, 3.8) is 0 Å². The number of hydrogen-bond acceptors (Lipinski definition) is 7. The van der Waals surface area contributed by atoms with Crippen LogP contribution in [0.25, 0.3) is 5.76 Å². The van der Waals surface area contributed by atoms with Gasteiger partial charge in [0.05, 0.1) is 24.4 Å². The number of carbonyl (C=O) groups is 3. The molecule has 2 aromatic carbocycles. The molecule has 1 N–H and O–H groups in total. The fraction of sp³-hybridized carbons (Fsp3) is 0.259. The van der Waals surface area contributed by atoms with Gasteiger partial charge in [0.1, 0.15) is 16.5 Å². The molecule has 186 valence electrons. The molecular weight excluding hydrogens is 483 g/mol. The summed E-state index contributed by atoms with van der Waals surface area (Å²) in [5.41, 5.74) is 2.22. The third kappa shape index (κ3) is 4.30. The largest absolute Gasteiger partial charge is 0.507 e. The molecule has 2 heterocycles. The van der Waals surface area contributed by atoms with Crippen LogP contribution in [-0.4, -0.2) is 34.9 Å². The Hall–Kier alpha value is -3.85. The molecular formula is C27H25FN2O5S. The number of aryl methyl sites for hydroxylation is 2. The van der Waals surface area contributed by atoms with Gasteiger partial charge in [0.15, 0.2) is 5.13 Å². The van der Waals surface area contributed by atoms with E-state index in [9.17, 15) is 23.9 Å². The number of benzene rings is 2. The van der Waals surface area contributed by atoms with E-state index in [2.05, 4.69) is 4.98 Å². The number of aliphatic hydroxyl groups excluding tert-OH is 1. The molecule has 1 saturated heterocycles. The summed E-state index contributed by atoms with van der Waals surface area (Å²) in [5.74, 6) is -3.24. The highest BCUT2D eigenvalue weighted by molar-refractivity contribution is 7.17. The third-order valence-corrected chi connectivity index (χ3v) is 7.31. The number of esters is 1. The van der Waals surface area contributed by atoms with Crippen LogP contribution in [0.15, 0.2) is 48.0 Å². The Labute approximate surface area is 211 Å². The molecule has 1 unspecified atom stereocenters. The van der Waals surface area contributed by atoms with Crippen LogP contribution in [0, 0.1) is 19.7 Å². The van der Waals surface area contributed by atoms with E-state index in [0.717, 1.165) is 23.0 Å². The molecule has 1 atom stereocenters. The first-order chi connectivity index (χ1) is 17.0. The van der Waals surface area contributed by atoms with Gasteiger partial charge >= 0.3 is 11.9 Å². The molecule has 1 aliphatic rings. The van der Waals surface area contributed by atoms with E-state index >= 15 is 0 Å². The number of aromatic nitrogens is 1. The van der Waals surface area contributed by atoms with Crippen molar-refractivity contribution in [3.05, 3.63) is 86.7 Å². The van der Waals surface area contributed by atoms with Crippen molar-refractivity contribution in [2.75, 3.05) is 12.0 Å². The van der Waals surface area contributed by atoms with Gasteiger partial charge in [-0.2, -0.15) is 0 Å². The Kier molecular flexibility index (Phi) is 6.77. The number of rotatable bonds is 5. The zero-order valence-electron chi connectivity index (χ0n) is 20.5. The molecule has 1 amide bonds. The summed E-state index contributed by atoms with van der Waals surface area (Å²) < 4.78 is 19.1. The smallest absolute Gasteiger partial charge is 0.350 e. The van der Waals surface area contributed by atoms with E-state index in [1.807, 2.05) is 26.0 Å². The third-order valence-electron chi connectivity index (χ3n) is 6.17. The normalized spacial score (nSPS) is 17.2. The molecule has 1 fully saturated rings. The summed E-state index contributed by atoms with van der Waals surface area (Å²) in [7, 11) is 1.24. The number of ether oxygens (including phenoxy) is 1. The number of Topliss-reactive ketones (excluding diaryl/α,β-unsaturated/α-hetero) is 1. The van der Waals surface area contributed by atoms with Crippen molar-refractivity contribution in [2.24, 2.45) is 0 Å². The number of carbonyl (C=O) groups excluding carboxylic acids is 3. The number of hydrogen-bond donors (Lipinski definition) is 1. The summed E-state index contributed by atoms with van der Waals surface area (Å²) in [6, 6.07) is 10.4. The first-order valence-electron chi connectivity index (χ1n) is 11.3. The topological polar surface area (TPSA) is 96.8 Å². The summed E-state index contributed by atoms with van der Waals surface area (Å²) in [6.45, 7) is 7.27. The quantitative estimate of drug-likeness (QED) is 0.214. The van der Waals surface area contributed by atoms with Crippen molar-refractivity contribution in [1.82, 2.24) is 4.98 Å². The lowest BCUT2D eigenvalue weighted by Crippen LogP contribution is -2.29. The van der Waals surface area contributed by atoms with Gasteiger partial charge in [-0.25, -0.2) is 14.2 Å². The highest BCUT2D eigenvalue weighted by atomic mass is 32.1. The maximum atomic E-state index is 14.3. The Morgan fingerprint density at radius 1 is 1.14 bits per heavy atom. The Balaban J connectivity index is 1.94. The molecule has 36 heavy (non-hydrogen) atoms. The van der Waals surface area contributed by atoms with Crippen molar-refractivity contribution in [3.8, 4) is 0 Å². The van der Waals surface area contributed by atoms with Gasteiger partial charge in [0.25, 0.3) is 5.78 Å². The lowest BCUT2D eigenvalue weighted by Gasteiger charge is -2.23. The van der Waals surface area contributed by atoms with Crippen molar-refractivity contribution < 1.29 is 28.6 Å². The van der Waals surface area contributed by atoms with Gasteiger partial charge in [-0.3, -0.25) is 14.5 Å². The number of methoxy groups -OCH3 is 1. The van der Waals surface area contributed by atoms with Gasteiger partial charge in [0, 0.05) is 5.56 Å². The molecule has 0 saturated carbocycles. The van der Waals surface area contributed by atoms with E-state index in [1.54, 1.807) is 26.0 Å². The van der Waals surface area contributed by atoms with Crippen LogP contribution in [0.5, 0.6) is 0 Å². The van der Waals surface area contributed by atoms with Gasteiger partial charge in [-0.1, -0.05) is 61.6 Å². The minimum Gasteiger partial charge on any atom is -0.507 e. The predicted octanol–water partition coefficient (Wildman–Crippen LogP) is 5.44. The lowest BCUT2D eigenvalue weighted by atomic mass is 9.93. The van der Waals surface area contributed by atoms with Crippen LogP contribution >= 0.6 is 11.3 Å². The standard InChI is InChI=1S/C27H25FN2O5S/c1-13(2)16-8-10-17(11-9-16)21-20(22(31)18-7-6-14(3)19(28)12-18)23(32)25(33)30(21)27-29-15(4)24(36-27)26(34)35-5/h6-13,21,31H,1-5H3/b22-20-. The second kappa shape index (κ2) is 9.66. The average Bonchev–Trinajstić information content (AvgIpc) is 3.36. The first-order valence-corrected chi connectivity index (χ1v) is 12.1. The molecule has 0 bridgehead atoms. The maximum Gasteiger partial charge on any atom is 0.350 e. The molecule has 1 aromatic heterocycles. The summed E-state index contributed by atoms with van der Waals surface area (Å²) in [6.07, 6.45) is 0. The van der Waals surface area contributed by atoms with E-state index in [1.165, 1.54) is 24.1 Å². The maximum absolute atomic E-state index is 14.3. The van der Waals surface area contributed by atoms with E-state index in [-0.39, 0.29) is 27.1 Å². The van der Waals surface area contributed by atoms with E-state index in [0.29, 0.717) is 16.8 Å². The fourth-order valence-electron chi connectivity index (χ4n) is 4.07. The van der Waals surface area contributed by atoms with Crippen LogP contribution in [0.2, 0.25) is 0 Å². The van der Waals surface area contributed by atoms with Crippen molar-refractivity contribution >= 4 is 39.9 Å². The van der Waals surface area contributed by atoms with Crippen LogP contribution < -0.4 is 4.90 Å². The number of ketones is 1. The molecule has 0 aliphatic carbocycles. The van der Waals surface area contributed by atoms with E-state index in [4.69, 9.17) is 4.74 Å². The molecule has 7 nitrogen and oxygen atoms in total. The molecule has 1 aliphatic heterocycles. The number of aliphatic hydroxyl groups is 1. The number of halogens is 1. The van der Waals surface area contributed by atoms with Crippen LogP contribution in [0.1, 0.15) is 63.4 Å². The van der Waals surface area contributed by atoms with Gasteiger partial charge in [0.2, 0.25) is 0 Å².